The third-order valence-corrected chi connectivity index (χ3v) is 6.03. The van der Waals surface area contributed by atoms with Crippen LogP contribution in [0.15, 0.2) is 36.4 Å². The number of methoxy groups -OCH3 is 3. The summed E-state index contributed by atoms with van der Waals surface area (Å²) in [7, 11) is 4.63. The lowest BCUT2D eigenvalue weighted by atomic mass is 10.1. The fraction of sp³-hybridized carbons (Fsp3) is 0.320. The summed E-state index contributed by atoms with van der Waals surface area (Å²) in [4.78, 5) is 12.6. The Morgan fingerprint density at radius 3 is 2.50 bits per heavy atom. The van der Waals surface area contributed by atoms with Crippen molar-refractivity contribution in [2.45, 2.75) is 32.2 Å². The topological polar surface area (TPSA) is 87.5 Å². The summed E-state index contributed by atoms with van der Waals surface area (Å²) < 4.78 is 18.2. The van der Waals surface area contributed by atoms with Crippen LogP contribution in [0.25, 0.3) is 17.5 Å². The van der Waals surface area contributed by atoms with Gasteiger partial charge in [0.05, 0.1) is 26.4 Å². The van der Waals surface area contributed by atoms with E-state index < -0.39 is 0 Å². The summed E-state index contributed by atoms with van der Waals surface area (Å²) in [5.41, 5.74) is 2.09. The van der Waals surface area contributed by atoms with Gasteiger partial charge < -0.3 is 24.1 Å². The molecule has 0 aliphatic carbocycles. The van der Waals surface area contributed by atoms with Gasteiger partial charge in [-0.25, -0.2) is 0 Å². The summed E-state index contributed by atoms with van der Waals surface area (Å²) in [5, 5.41) is 12.2. The SMILES string of the molecule is COc1cc(/C=C/C(=O)Nc2ccc(Cl)c(-c3nnc4n3CCCCC4)c2)cc(OC)c1OC. The Morgan fingerprint density at radius 1 is 1.03 bits per heavy atom. The highest BCUT2D eigenvalue weighted by Crippen LogP contribution is 2.38. The van der Waals surface area contributed by atoms with Gasteiger partial charge in [-0.1, -0.05) is 18.0 Å². The Labute approximate surface area is 203 Å². The highest BCUT2D eigenvalue weighted by Gasteiger charge is 2.18. The standard InChI is InChI=1S/C25H27ClN4O4/c1-32-20-13-16(14-21(33-2)24(20)34-3)8-11-23(31)27-17-9-10-19(26)18(15-17)25-29-28-22-7-5-4-6-12-30(22)25/h8-11,13-15H,4-7,12H2,1-3H3,(H,27,31)/b11-8+. The van der Waals surface area contributed by atoms with Crippen LogP contribution in [0.4, 0.5) is 5.69 Å². The van der Waals surface area contributed by atoms with E-state index in [2.05, 4.69) is 20.1 Å². The van der Waals surface area contributed by atoms with E-state index in [4.69, 9.17) is 25.8 Å². The molecule has 0 bridgehead atoms. The third-order valence-electron chi connectivity index (χ3n) is 5.70. The lowest BCUT2D eigenvalue weighted by Crippen LogP contribution is -2.08. The fourth-order valence-electron chi connectivity index (χ4n) is 4.01. The first-order chi connectivity index (χ1) is 16.5. The van der Waals surface area contributed by atoms with E-state index in [0.29, 0.717) is 28.0 Å². The number of carbonyl (C=O) groups is 1. The van der Waals surface area contributed by atoms with Crippen LogP contribution in [0.1, 0.15) is 30.7 Å². The number of amides is 1. The summed E-state index contributed by atoms with van der Waals surface area (Å²) in [6.45, 7) is 0.863. The molecule has 2 aromatic carbocycles. The van der Waals surface area contributed by atoms with Crippen molar-refractivity contribution in [1.29, 1.82) is 0 Å². The molecule has 0 spiro atoms. The maximum Gasteiger partial charge on any atom is 0.248 e. The van der Waals surface area contributed by atoms with Crippen LogP contribution < -0.4 is 19.5 Å². The minimum Gasteiger partial charge on any atom is -0.493 e. The van der Waals surface area contributed by atoms with Crippen LogP contribution in [0, 0.1) is 0 Å². The second-order valence-corrected chi connectivity index (χ2v) is 8.29. The van der Waals surface area contributed by atoms with Crippen LogP contribution >= 0.6 is 11.6 Å². The lowest BCUT2D eigenvalue weighted by Gasteiger charge is -2.13. The molecule has 8 nitrogen and oxygen atoms in total. The van der Waals surface area contributed by atoms with E-state index >= 15 is 0 Å². The number of hydrogen-bond donors (Lipinski definition) is 1. The highest BCUT2D eigenvalue weighted by molar-refractivity contribution is 6.33. The molecule has 0 saturated carbocycles. The Bertz CT molecular complexity index is 1200. The second-order valence-electron chi connectivity index (χ2n) is 7.88. The molecule has 4 rings (SSSR count). The van der Waals surface area contributed by atoms with Crippen LogP contribution in [-0.2, 0) is 17.8 Å². The Hall–Kier alpha value is -3.52. The zero-order valence-corrected chi connectivity index (χ0v) is 20.2. The van der Waals surface area contributed by atoms with Crippen molar-refractivity contribution in [3.8, 4) is 28.6 Å². The molecule has 1 N–H and O–H groups in total. The molecular weight excluding hydrogens is 456 g/mol. The number of nitrogens with one attached hydrogen (secondary N) is 1. The van der Waals surface area contributed by atoms with Crippen molar-refractivity contribution >= 4 is 29.3 Å². The predicted molar refractivity (Wildman–Crippen MR) is 132 cm³/mol. The molecule has 1 amide bonds. The molecule has 1 aliphatic rings. The molecule has 9 heteroatoms. The van der Waals surface area contributed by atoms with Gasteiger partial charge in [0, 0.05) is 30.3 Å². The van der Waals surface area contributed by atoms with Gasteiger partial charge in [-0.2, -0.15) is 0 Å². The van der Waals surface area contributed by atoms with Crippen molar-refractivity contribution in [1.82, 2.24) is 14.8 Å². The number of halogens is 1. The molecule has 0 radical (unpaired) electrons. The summed E-state index contributed by atoms with van der Waals surface area (Å²) in [5.74, 6) is 2.93. The van der Waals surface area contributed by atoms with Crippen LogP contribution in [0.2, 0.25) is 5.02 Å². The largest absolute Gasteiger partial charge is 0.493 e. The van der Waals surface area contributed by atoms with E-state index in [1.165, 1.54) is 12.5 Å². The van der Waals surface area contributed by atoms with E-state index in [1.807, 2.05) is 6.07 Å². The fourth-order valence-corrected chi connectivity index (χ4v) is 4.21. The van der Waals surface area contributed by atoms with Crippen molar-refractivity contribution in [2.24, 2.45) is 0 Å². The Balaban J connectivity index is 1.54. The normalized spacial score (nSPS) is 13.3. The summed E-state index contributed by atoms with van der Waals surface area (Å²) >= 11 is 6.49. The number of aromatic nitrogens is 3. The van der Waals surface area contributed by atoms with Gasteiger partial charge in [-0.05, 0) is 54.8 Å². The number of hydrogen-bond acceptors (Lipinski definition) is 6. The number of carbonyl (C=O) groups excluding carboxylic acids is 1. The first kappa shape index (κ1) is 23.6. The minimum absolute atomic E-state index is 0.290. The number of benzene rings is 2. The number of fused-ring (bicyclic) bond motifs is 1. The summed E-state index contributed by atoms with van der Waals surface area (Å²) in [6.07, 6.45) is 7.39. The van der Waals surface area contributed by atoms with Crippen molar-refractivity contribution in [2.75, 3.05) is 26.6 Å². The van der Waals surface area contributed by atoms with Gasteiger partial charge in [-0.15, -0.1) is 10.2 Å². The van der Waals surface area contributed by atoms with Crippen LogP contribution in [0.5, 0.6) is 17.2 Å². The molecule has 1 aliphatic heterocycles. The highest BCUT2D eigenvalue weighted by atomic mass is 35.5. The molecular formula is C25H27ClN4O4. The second kappa shape index (κ2) is 10.6. The van der Waals surface area contributed by atoms with Gasteiger partial charge in [0.1, 0.15) is 5.82 Å². The molecule has 0 saturated heterocycles. The molecule has 0 atom stereocenters. The van der Waals surface area contributed by atoms with Crippen LogP contribution in [-0.4, -0.2) is 42.0 Å². The minimum atomic E-state index is -0.290. The van der Waals surface area contributed by atoms with E-state index in [9.17, 15) is 4.79 Å². The summed E-state index contributed by atoms with van der Waals surface area (Å²) in [6, 6.07) is 8.88. The number of rotatable bonds is 7. The van der Waals surface area contributed by atoms with Crippen LogP contribution in [0.3, 0.4) is 0 Å². The molecule has 0 fully saturated rings. The Kier molecular flexibility index (Phi) is 7.37. The van der Waals surface area contributed by atoms with Gasteiger partial charge in [0.25, 0.3) is 0 Å². The molecule has 3 aromatic rings. The average molecular weight is 483 g/mol. The zero-order chi connectivity index (χ0) is 24.1. The number of aryl methyl sites for hydroxylation is 1. The molecule has 0 unspecified atom stereocenters. The van der Waals surface area contributed by atoms with E-state index in [1.54, 1.807) is 51.7 Å². The average Bonchev–Trinajstić information content (AvgIpc) is 3.10. The molecule has 178 valence electrons. The van der Waals surface area contributed by atoms with Gasteiger partial charge >= 0.3 is 0 Å². The van der Waals surface area contributed by atoms with Crippen molar-refractivity contribution < 1.29 is 19.0 Å². The van der Waals surface area contributed by atoms with Crippen molar-refractivity contribution in [3.05, 3.63) is 52.8 Å². The molecule has 1 aromatic heterocycles. The van der Waals surface area contributed by atoms with E-state index in [0.717, 1.165) is 48.6 Å². The first-order valence-corrected chi connectivity index (χ1v) is 11.4. The first-order valence-electron chi connectivity index (χ1n) is 11.0. The Morgan fingerprint density at radius 2 is 1.79 bits per heavy atom. The lowest BCUT2D eigenvalue weighted by molar-refractivity contribution is -0.111. The zero-order valence-electron chi connectivity index (χ0n) is 19.4. The predicted octanol–water partition coefficient (Wildman–Crippen LogP) is 5.00. The van der Waals surface area contributed by atoms with Crippen molar-refractivity contribution in [3.63, 3.8) is 0 Å². The molecule has 2 heterocycles. The maximum absolute atomic E-state index is 12.6. The quantitative estimate of drug-likeness (QED) is 0.477. The number of anilines is 1. The monoisotopic (exact) mass is 482 g/mol. The number of ether oxygens (including phenoxy) is 3. The van der Waals surface area contributed by atoms with Gasteiger partial charge in [0.2, 0.25) is 11.7 Å². The maximum atomic E-state index is 12.6. The van der Waals surface area contributed by atoms with Gasteiger partial charge in [-0.3, -0.25) is 4.79 Å². The smallest absolute Gasteiger partial charge is 0.248 e. The molecule has 34 heavy (non-hydrogen) atoms. The van der Waals surface area contributed by atoms with E-state index in [-0.39, 0.29) is 5.91 Å². The van der Waals surface area contributed by atoms with Gasteiger partial charge in [0.15, 0.2) is 17.3 Å². The third kappa shape index (κ3) is 5.02. The number of nitrogens with zero attached hydrogens (tertiary/aromatic N) is 3.